The molecule has 0 aromatic heterocycles. The van der Waals surface area contributed by atoms with E-state index in [9.17, 15) is 0 Å². The van der Waals surface area contributed by atoms with Crippen LogP contribution in [-0.2, 0) is 0 Å². The van der Waals surface area contributed by atoms with Crippen molar-refractivity contribution in [1.82, 2.24) is 0 Å². The molecule has 0 aromatic carbocycles. The van der Waals surface area contributed by atoms with Crippen LogP contribution in [0, 0.1) is 29.1 Å². The van der Waals surface area contributed by atoms with E-state index >= 15 is 0 Å². The zero-order valence-corrected chi connectivity index (χ0v) is 16.6. The number of fused-ring (bicyclic) bond motifs is 1. The fraction of sp³-hybridized carbons (Fsp3) is 0.905. The second kappa shape index (κ2) is 5.57. The van der Waals surface area contributed by atoms with E-state index in [0.717, 1.165) is 28.9 Å². The average Bonchev–Trinajstić information content (AvgIpc) is 3.26. The summed E-state index contributed by atoms with van der Waals surface area (Å²) >= 11 is 2.32. The topological polar surface area (TPSA) is 0 Å². The summed E-state index contributed by atoms with van der Waals surface area (Å²) < 4.78 is 0.634. The smallest absolute Gasteiger partial charge is 0.0321 e. The molecule has 5 unspecified atom stereocenters. The Morgan fingerprint density at radius 2 is 1.82 bits per heavy atom. The number of hydrogen-bond donors (Lipinski definition) is 0. The van der Waals surface area contributed by atoms with E-state index in [1.807, 2.05) is 0 Å². The molecular formula is C21H36S. The second-order valence-electron chi connectivity index (χ2n) is 9.74. The molecule has 2 saturated carbocycles. The minimum absolute atomic E-state index is 0.626. The van der Waals surface area contributed by atoms with E-state index in [-0.39, 0.29) is 0 Å². The molecule has 126 valence electrons. The Balaban J connectivity index is 1.60. The van der Waals surface area contributed by atoms with Gasteiger partial charge < -0.3 is 0 Å². The Bertz CT molecular complexity index is 472. The lowest BCUT2D eigenvalue weighted by Gasteiger charge is -2.35. The predicted octanol–water partition coefficient (Wildman–Crippen LogP) is 6.71. The van der Waals surface area contributed by atoms with Gasteiger partial charge in [0.05, 0.1) is 0 Å². The quantitative estimate of drug-likeness (QED) is 0.401. The summed E-state index contributed by atoms with van der Waals surface area (Å²) in [6, 6.07) is 0. The van der Waals surface area contributed by atoms with Gasteiger partial charge in [0.2, 0.25) is 0 Å². The Morgan fingerprint density at radius 3 is 2.36 bits per heavy atom. The molecule has 1 aliphatic heterocycles. The minimum Gasteiger partial charge on any atom is -0.148 e. The highest BCUT2D eigenvalue weighted by Gasteiger charge is 2.61. The summed E-state index contributed by atoms with van der Waals surface area (Å²) in [6.07, 6.45) is 7.09. The van der Waals surface area contributed by atoms with E-state index in [1.54, 1.807) is 11.1 Å². The number of thioether (sulfide) groups is 1. The molecule has 5 atom stereocenters. The van der Waals surface area contributed by atoms with Gasteiger partial charge >= 0.3 is 0 Å². The first-order valence-electron chi connectivity index (χ1n) is 9.49. The third-order valence-electron chi connectivity index (χ3n) is 7.30. The lowest BCUT2D eigenvalue weighted by molar-refractivity contribution is 0.196. The van der Waals surface area contributed by atoms with Gasteiger partial charge in [-0.1, -0.05) is 45.8 Å². The third-order valence-corrected chi connectivity index (χ3v) is 9.25. The molecule has 1 heteroatoms. The van der Waals surface area contributed by atoms with Crippen LogP contribution in [0.25, 0.3) is 0 Å². The van der Waals surface area contributed by atoms with Crippen molar-refractivity contribution in [2.75, 3.05) is 0 Å². The maximum Gasteiger partial charge on any atom is 0.0321 e. The summed E-state index contributed by atoms with van der Waals surface area (Å²) in [5, 5.41) is 0.953. The first-order valence-corrected chi connectivity index (χ1v) is 10.4. The largest absolute Gasteiger partial charge is 0.148 e. The van der Waals surface area contributed by atoms with Gasteiger partial charge in [0, 0.05) is 10.00 Å². The van der Waals surface area contributed by atoms with Gasteiger partial charge in [0.15, 0.2) is 0 Å². The van der Waals surface area contributed by atoms with Crippen molar-refractivity contribution in [3.63, 3.8) is 0 Å². The van der Waals surface area contributed by atoms with Crippen molar-refractivity contribution in [2.45, 2.75) is 90.6 Å². The highest BCUT2D eigenvalue weighted by Crippen LogP contribution is 2.68. The van der Waals surface area contributed by atoms with Crippen LogP contribution in [0.3, 0.4) is 0 Å². The number of hydrogen-bond acceptors (Lipinski definition) is 1. The van der Waals surface area contributed by atoms with Crippen LogP contribution in [0.2, 0.25) is 0 Å². The molecule has 0 nitrogen and oxygen atoms in total. The molecule has 0 amide bonds. The van der Waals surface area contributed by atoms with Crippen LogP contribution in [0.1, 0.15) is 80.6 Å². The molecule has 3 aliphatic rings. The molecule has 1 heterocycles. The Morgan fingerprint density at radius 1 is 1.18 bits per heavy atom. The summed E-state index contributed by atoms with van der Waals surface area (Å²) in [7, 11) is 0. The Labute approximate surface area is 142 Å². The summed E-state index contributed by atoms with van der Waals surface area (Å²) in [5.41, 5.74) is 4.04. The average molecular weight is 321 g/mol. The Kier molecular flexibility index (Phi) is 4.29. The highest BCUT2D eigenvalue weighted by atomic mass is 32.2. The fourth-order valence-electron chi connectivity index (χ4n) is 5.14. The molecule has 0 bridgehead atoms. The van der Waals surface area contributed by atoms with E-state index in [4.69, 9.17) is 0 Å². The lowest BCUT2D eigenvalue weighted by atomic mass is 9.69. The van der Waals surface area contributed by atoms with Gasteiger partial charge in [-0.05, 0) is 75.0 Å². The molecular weight excluding hydrogens is 284 g/mol. The normalized spacial score (nSPS) is 43.6. The van der Waals surface area contributed by atoms with Crippen molar-refractivity contribution in [1.29, 1.82) is 0 Å². The second-order valence-corrected chi connectivity index (χ2v) is 11.3. The zero-order chi connectivity index (χ0) is 16.3. The molecule has 0 spiro atoms. The first kappa shape index (κ1) is 16.9. The van der Waals surface area contributed by atoms with Gasteiger partial charge in [0.1, 0.15) is 0 Å². The highest BCUT2D eigenvalue weighted by molar-refractivity contribution is 8.08. The van der Waals surface area contributed by atoms with Gasteiger partial charge in [-0.15, -0.1) is 11.8 Å². The van der Waals surface area contributed by atoms with E-state index in [1.165, 1.54) is 32.1 Å². The maximum atomic E-state index is 2.53. The van der Waals surface area contributed by atoms with Crippen molar-refractivity contribution in [3.8, 4) is 0 Å². The lowest BCUT2D eigenvalue weighted by Crippen LogP contribution is -2.34. The molecule has 0 N–H and O–H groups in total. The molecule has 0 radical (unpaired) electrons. The van der Waals surface area contributed by atoms with Gasteiger partial charge in [-0.2, -0.15) is 0 Å². The van der Waals surface area contributed by atoms with Gasteiger partial charge in [-0.3, -0.25) is 0 Å². The van der Waals surface area contributed by atoms with Crippen LogP contribution in [0.5, 0.6) is 0 Å². The third kappa shape index (κ3) is 3.04. The fourth-order valence-corrected chi connectivity index (χ4v) is 6.95. The summed E-state index contributed by atoms with van der Waals surface area (Å²) in [4.78, 5) is 0. The predicted molar refractivity (Wildman–Crippen MR) is 100 cm³/mol. The van der Waals surface area contributed by atoms with Crippen LogP contribution >= 0.6 is 11.8 Å². The number of allylic oxidation sites excluding steroid dienone is 2. The van der Waals surface area contributed by atoms with Crippen LogP contribution < -0.4 is 0 Å². The molecule has 22 heavy (non-hydrogen) atoms. The monoisotopic (exact) mass is 320 g/mol. The van der Waals surface area contributed by atoms with Crippen molar-refractivity contribution in [2.24, 2.45) is 29.1 Å². The van der Waals surface area contributed by atoms with Crippen molar-refractivity contribution >= 4 is 11.8 Å². The molecule has 2 aliphatic carbocycles. The van der Waals surface area contributed by atoms with E-state index in [2.05, 4.69) is 60.2 Å². The molecule has 3 rings (SSSR count). The summed E-state index contributed by atoms with van der Waals surface area (Å²) in [6.45, 7) is 17.1. The van der Waals surface area contributed by atoms with Crippen LogP contribution in [0.15, 0.2) is 11.1 Å². The van der Waals surface area contributed by atoms with E-state index < -0.39 is 0 Å². The zero-order valence-electron chi connectivity index (χ0n) is 15.8. The van der Waals surface area contributed by atoms with E-state index in [0.29, 0.717) is 10.2 Å². The van der Waals surface area contributed by atoms with Crippen molar-refractivity contribution < 1.29 is 0 Å². The summed E-state index contributed by atoms with van der Waals surface area (Å²) in [5.74, 6) is 3.71. The standard InChI is InChI=1S/C21H36S/c1-13(2)18-8-9-21(19(22-21)16(18)5)11-15(4)14(3)10-17-12-20(17,6)7/h13,16-19H,8-12H2,1-7H3/b15-14-. The van der Waals surface area contributed by atoms with Crippen molar-refractivity contribution in [3.05, 3.63) is 11.1 Å². The SMILES string of the molecule is C/C(CC1CC1(C)C)=C(\C)CC12CCC(C(C)C)C(C)C1S2. The number of rotatable bonds is 5. The maximum absolute atomic E-state index is 2.53. The van der Waals surface area contributed by atoms with Gasteiger partial charge in [-0.25, -0.2) is 0 Å². The van der Waals surface area contributed by atoms with Gasteiger partial charge in [0.25, 0.3) is 0 Å². The van der Waals surface area contributed by atoms with Crippen LogP contribution in [-0.4, -0.2) is 10.00 Å². The first-order chi connectivity index (χ1) is 10.2. The molecule has 0 aromatic rings. The molecule has 3 fully saturated rings. The minimum atomic E-state index is 0.626. The Hall–Kier alpha value is 0.0900. The van der Waals surface area contributed by atoms with Crippen LogP contribution in [0.4, 0.5) is 0 Å². The molecule has 1 saturated heterocycles.